The van der Waals surface area contributed by atoms with Gasteiger partial charge in [0.15, 0.2) is 0 Å². The molecular weight excluding hydrogens is 182 g/mol. The maximum absolute atomic E-state index is 2.47. The molecule has 1 nitrogen and oxygen atoms in total. The van der Waals surface area contributed by atoms with Crippen molar-refractivity contribution < 1.29 is 0 Å². The Morgan fingerprint density at radius 3 is 1.80 bits per heavy atom. The average molecular weight is 215 g/mol. The normalized spacial score (nSPS) is 25.8. The van der Waals surface area contributed by atoms with E-state index in [4.69, 9.17) is 0 Å². The maximum atomic E-state index is 2.47. The van der Waals surface area contributed by atoms with Crippen LogP contribution in [0.5, 0.6) is 0 Å². The van der Waals surface area contributed by atoms with Crippen LogP contribution in [0.4, 0.5) is 0 Å². The smallest absolute Gasteiger partial charge is 0.000916 e. The largest absolute Gasteiger partial charge is 0.306 e. The highest BCUT2D eigenvalue weighted by atomic mass is 15.1. The summed E-state index contributed by atoms with van der Waals surface area (Å²) in [5, 5.41) is 0. The van der Waals surface area contributed by atoms with Crippen molar-refractivity contribution in [3.63, 3.8) is 0 Å². The van der Waals surface area contributed by atoms with E-state index in [9.17, 15) is 0 Å². The number of nitrogens with zero attached hydrogens (tertiary/aromatic N) is 1. The summed E-state index contributed by atoms with van der Waals surface area (Å²) in [6, 6.07) is 0. The van der Waals surface area contributed by atoms with E-state index in [2.05, 4.69) is 25.8 Å². The minimum atomic E-state index is 0.971. The summed E-state index contributed by atoms with van der Waals surface area (Å²) in [7, 11) is 2.24. The van der Waals surface area contributed by atoms with Gasteiger partial charge in [0.1, 0.15) is 0 Å². The van der Waals surface area contributed by atoms with Crippen LogP contribution in [0.25, 0.3) is 0 Å². The lowest BCUT2D eigenvalue weighted by molar-refractivity contribution is 0.136. The lowest BCUT2D eigenvalue weighted by Crippen LogP contribution is -2.37. The Kier molecular flexibility index (Phi) is 13.9. The Morgan fingerprint density at radius 1 is 0.933 bits per heavy atom. The molecule has 2 unspecified atom stereocenters. The first-order chi connectivity index (χ1) is 7.27. The van der Waals surface area contributed by atoms with Gasteiger partial charge in [-0.05, 0) is 31.8 Å². The zero-order chi connectivity index (χ0) is 12.3. The van der Waals surface area contributed by atoms with Crippen LogP contribution in [-0.4, -0.2) is 25.0 Å². The van der Waals surface area contributed by atoms with Gasteiger partial charge < -0.3 is 4.90 Å². The summed E-state index contributed by atoms with van der Waals surface area (Å²) < 4.78 is 0. The minimum Gasteiger partial charge on any atom is -0.306 e. The molecule has 0 aromatic carbocycles. The average Bonchev–Trinajstić information content (AvgIpc) is 2.34. The zero-order valence-corrected chi connectivity index (χ0v) is 12.1. The summed E-state index contributed by atoms with van der Waals surface area (Å²) in [5.41, 5.74) is 0. The molecule has 0 saturated carbocycles. The highest BCUT2D eigenvalue weighted by Crippen LogP contribution is 2.27. The monoisotopic (exact) mass is 215 g/mol. The predicted molar refractivity (Wildman–Crippen MR) is 72.4 cm³/mol. The van der Waals surface area contributed by atoms with Gasteiger partial charge in [0.2, 0.25) is 0 Å². The fourth-order valence-corrected chi connectivity index (χ4v) is 2.26. The first-order valence-corrected chi connectivity index (χ1v) is 6.96. The third-order valence-electron chi connectivity index (χ3n) is 3.14. The molecule has 0 aromatic rings. The molecule has 0 aliphatic carbocycles. The third-order valence-corrected chi connectivity index (χ3v) is 3.14. The molecule has 15 heavy (non-hydrogen) atoms. The van der Waals surface area contributed by atoms with Gasteiger partial charge in [0.25, 0.3) is 0 Å². The van der Waals surface area contributed by atoms with Crippen LogP contribution >= 0.6 is 0 Å². The van der Waals surface area contributed by atoms with Crippen molar-refractivity contribution in [2.45, 2.75) is 60.8 Å². The Balaban J connectivity index is 0. The second-order valence-electron chi connectivity index (χ2n) is 3.89. The van der Waals surface area contributed by atoms with Crippen molar-refractivity contribution in [2.75, 3.05) is 20.1 Å². The van der Waals surface area contributed by atoms with Gasteiger partial charge in [0, 0.05) is 6.54 Å². The molecule has 1 aliphatic rings. The Morgan fingerprint density at radius 2 is 1.40 bits per heavy atom. The summed E-state index contributed by atoms with van der Waals surface area (Å²) in [6.07, 6.45) is 4.17. The molecule has 0 spiro atoms. The molecule has 2 atom stereocenters. The molecule has 1 rings (SSSR count). The van der Waals surface area contributed by atoms with Crippen LogP contribution in [0.2, 0.25) is 0 Å². The summed E-state index contributed by atoms with van der Waals surface area (Å²) in [4.78, 5) is 2.47. The van der Waals surface area contributed by atoms with Gasteiger partial charge in [-0.3, -0.25) is 0 Å². The third kappa shape index (κ3) is 6.94. The van der Waals surface area contributed by atoms with Crippen LogP contribution in [0.15, 0.2) is 0 Å². The lowest BCUT2D eigenvalue weighted by Gasteiger charge is -2.35. The molecule has 0 aromatic heterocycles. The van der Waals surface area contributed by atoms with E-state index >= 15 is 0 Å². The Bertz CT molecular complexity index is 112. The standard InChI is InChI=1S/C10H21N.2C2H6/c1-4-9-6-7-11(3)8-10(9)5-2;2*1-2/h9-10H,4-8H2,1-3H3;2*1-2H3. The van der Waals surface area contributed by atoms with Crippen LogP contribution in [0.1, 0.15) is 60.8 Å². The van der Waals surface area contributed by atoms with Gasteiger partial charge in [0.05, 0.1) is 0 Å². The van der Waals surface area contributed by atoms with E-state index in [-0.39, 0.29) is 0 Å². The molecular formula is C14H33N. The quantitative estimate of drug-likeness (QED) is 0.659. The van der Waals surface area contributed by atoms with Crippen molar-refractivity contribution in [2.24, 2.45) is 11.8 Å². The van der Waals surface area contributed by atoms with Crippen LogP contribution in [0.3, 0.4) is 0 Å². The summed E-state index contributed by atoms with van der Waals surface area (Å²) in [6.45, 7) is 15.3. The number of rotatable bonds is 2. The Hall–Kier alpha value is -0.0400. The first kappa shape index (κ1) is 17.4. The second kappa shape index (κ2) is 12.0. The number of hydrogen-bond acceptors (Lipinski definition) is 1. The summed E-state index contributed by atoms with van der Waals surface area (Å²) in [5.74, 6) is 1.98. The molecule has 94 valence electrons. The maximum Gasteiger partial charge on any atom is 0.000916 e. The van der Waals surface area contributed by atoms with Crippen LogP contribution < -0.4 is 0 Å². The van der Waals surface area contributed by atoms with E-state index in [1.165, 1.54) is 32.4 Å². The number of piperidine rings is 1. The van der Waals surface area contributed by atoms with E-state index in [0.29, 0.717) is 0 Å². The van der Waals surface area contributed by atoms with Gasteiger partial charge in [-0.25, -0.2) is 0 Å². The molecule has 1 fully saturated rings. The molecule has 1 heterocycles. The van der Waals surface area contributed by atoms with Gasteiger partial charge in [-0.15, -0.1) is 0 Å². The fourth-order valence-electron chi connectivity index (χ4n) is 2.26. The molecule has 0 amide bonds. The minimum absolute atomic E-state index is 0.971. The highest BCUT2D eigenvalue weighted by Gasteiger charge is 2.24. The van der Waals surface area contributed by atoms with Crippen LogP contribution in [-0.2, 0) is 0 Å². The highest BCUT2D eigenvalue weighted by molar-refractivity contribution is 4.76. The van der Waals surface area contributed by atoms with Crippen molar-refractivity contribution >= 4 is 0 Å². The fraction of sp³-hybridized carbons (Fsp3) is 1.00. The molecule has 0 radical (unpaired) electrons. The predicted octanol–water partition coefficient (Wildman–Crippen LogP) is 4.43. The molecule has 0 bridgehead atoms. The Labute approximate surface area is 98.2 Å². The molecule has 1 aliphatic heterocycles. The molecule has 1 saturated heterocycles. The zero-order valence-electron chi connectivity index (χ0n) is 12.1. The summed E-state index contributed by atoms with van der Waals surface area (Å²) >= 11 is 0. The number of likely N-dealkylation sites (tertiary alicyclic amines) is 1. The lowest BCUT2D eigenvalue weighted by atomic mass is 9.82. The van der Waals surface area contributed by atoms with Crippen molar-refractivity contribution in [1.82, 2.24) is 4.90 Å². The van der Waals surface area contributed by atoms with E-state index < -0.39 is 0 Å². The van der Waals surface area contributed by atoms with Gasteiger partial charge in [-0.2, -0.15) is 0 Å². The van der Waals surface area contributed by atoms with Gasteiger partial charge in [-0.1, -0.05) is 54.4 Å². The van der Waals surface area contributed by atoms with Gasteiger partial charge >= 0.3 is 0 Å². The SMILES string of the molecule is CC.CC.CCC1CCN(C)CC1CC. The van der Waals surface area contributed by atoms with Crippen LogP contribution in [0, 0.1) is 11.8 Å². The van der Waals surface area contributed by atoms with E-state index in [0.717, 1.165) is 11.8 Å². The number of hydrogen-bond donors (Lipinski definition) is 0. The molecule has 1 heteroatoms. The van der Waals surface area contributed by atoms with E-state index in [1.807, 2.05) is 27.7 Å². The van der Waals surface area contributed by atoms with Crippen molar-refractivity contribution in [3.05, 3.63) is 0 Å². The van der Waals surface area contributed by atoms with Crippen molar-refractivity contribution in [1.29, 1.82) is 0 Å². The second-order valence-corrected chi connectivity index (χ2v) is 3.89. The van der Waals surface area contributed by atoms with E-state index in [1.54, 1.807) is 0 Å². The topological polar surface area (TPSA) is 3.24 Å². The van der Waals surface area contributed by atoms with Crippen molar-refractivity contribution in [3.8, 4) is 0 Å². The first-order valence-electron chi connectivity index (χ1n) is 6.96. The molecule has 0 N–H and O–H groups in total.